The Labute approximate surface area is 124 Å². The number of benzene rings is 1. The molecule has 2 atom stereocenters. The van der Waals surface area contributed by atoms with Crippen LogP contribution < -0.4 is 10.6 Å². The van der Waals surface area contributed by atoms with Gasteiger partial charge in [-0.25, -0.2) is 0 Å². The molecule has 1 heterocycles. The van der Waals surface area contributed by atoms with Crippen molar-refractivity contribution in [3.8, 4) is 0 Å². The maximum absolute atomic E-state index is 5.74. The first-order valence-corrected chi connectivity index (χ1v) is 8.18. The second-order valence-electron chi connectivity index (χ2n) is 6.60. The van der Waals surface area contributed by atoms with Crippen molar-refractivity contribution in [2.24, 2.45) is 17.6 Å². The maximum Gasteiger partial charge on any atom is 0.0402 e. The molecule has 0 aromatic heterocycles. The van der Waals surface area contributed by atoms with Crippen LogP contribution in [0.5, 0.6) is 0 Å². The van der Waals surface area contributed by atoms with Crippen molar-refractivity contribution in [1.82, 2.24) is 0 Å². The minimum atomic E-state index is 0.652. The first-order valence-electron chi connectivity index (χ1n) is 8.18. The van der Waals surface area contributed by atoms with Crippen molar-refractivity contribution in [2.75, 3.05) is 18.0 Å². The summed E-state index contributed by atoms with van der Waals surface area (Å²) in [6, 6.07) is 9.52. The molecule has 2 nitrogen and oxygen atoms in total. The Balaban J connectivity index is 1.88. The van der Waals surface area contributed by atoms with E-state index in [1.807, 2.05) is 0 Å². The van der Waals surface area contributed by atoms with Gasteiger partial charge >= 0.3 is 0 Å². The average Bonchev–Trinajstić information content (AvgIpc) is 2.74. The topological polar surface area (TPSA) is 29.3 Å². The SMILES string of the molecule is CC(C)C(CCN)CCCN1c2ccccc2CC1C. The molecule has 0 fully saturated rings. The molecule has 0 bridgehead atoms. The number of hydrogen-bond donors (Lipinski definition) is 1. The molecule has 2 unspecified atom stereocenters. The van der Waals surface area contributed by atoms with Crippen LogP contribution in [0.2, 0.25) is 0 Å². The smallest absolute Gasteiger partial charge is 0.0402 e. The summed E-state index contributed by atoms with van der Waals surface area (Å²) < 4.78 is 0. The third kappa shape index (κ3) is 3.54. The Morgan fingerprint density at radius 1 is 1.25 bits per heavy atom. The highest BCUT2D eigenvalue weighted by molar-refractivity contribution is 5.59. The predicted molar refractivity (Wildman–Crippen MR) is 88.2 cm³/mol. The van der Waals surface area contributed by atoms with Gasteiger partial charge in [-0.05, 0) is 62.6 Å². The summed E-state index contributed by atoms with van der Waals surface area (Å²) >= 11 is 0. The van der Waals surface area contributed by atoms with Crippen LogP contribution in [0.25, 0.3) is 0 Å². The third-order valence-electron chi connectivity index (χ3n) is 4.80. The number of para-hydroxylation sites is 1. The fourth-order valence-electron chi connectivity index (χ4n) is 3.52. The van der Waals surface area contributed by atoms with Gasteiger partial charge in [0.25, 0.3) is 0 Å². The Morgan fingerprint density at radius 3 is 2.70 bits per heavy atom. The fraction of sp³-hybridized carbons (Fsp3) is 0.667. The highest BCUT2D eigenvalue weighted by atomic mass is 15.2. The van der Waals surface area contributed by atoms with E-state index in [2.05, 4.69) is 49.9 Å². The summed E-state index contributed by atoms with van der Waals surface area (Å²) in [6.07, 6.45) is 4.96. The van der Waals surface area contributed by atoms with Gasteiger partial charge in [-0.15, -0.1) is 0 Å². The van der Waals surface area contributed by atoms with E-state index in [1.165, 1.54) is 43.5 Å². The lowest BCUT2D eigenvalue weighted by Crippen LogP contribution is -2.30. The Bertz CT molecular complexity index is 414. The summed E-state index contributed by atoms with van der Waals surface area (Å²) in [4.78, 5) is 2.59. The quantitative estimate of drug-likeness (QED) is 0.818. The van der Waals surface area contributed by atoms with Crippen LogP contribution >= 0.6 is 0 Å². The Morgan fingerprint density at radius 2 is 2.00 bits per heavy atom. The van der Waals surface area contributed by atoms with Gasteiger partial charge in [0.2, 0.25) is 0 Å². The van der Waals surface area contributed by atoms with E-state index in [9.17, 15) is 0 Å². The lowest BCUT2D eigenvalue weighted by Gasteiger charge is -2.27. The third-order valence-corrected chi connectivity index (χ3v) is 4.80. The van der Waals surface area contributed by atoms with Crippen LogP contribution in [0.1, 0.15) is 45.6 Å². The number of anilines is 1. The highest BCUT2D eigenvalue weighted by Gasteiger charge is 2.25. The van der Waals surface area contributed by atoms with E-state index in [1.54, 1.807) is 0 Å². The number of nitrogens with zero attached hydrogens (tertiary/aromatic N) is 1. The molecule has 2 N–H and O–H groups in total. The molecular weight excluding hydrogens is 244 g/mol. The normalized spacial score (nSPS) is 19.4. The van der Waals surface area contributed by atoms with Crippen LogP contribution in [-0.4, -0.2) is 19.1 Å². The Kier molecular flexibility index (Phi) is 5.47. The summed E-state index contributed by atoms with van der Waals surface area (Å²) in [5.41, 5.74) is 8.71. The van der Waals surface area contributed by atoms with Gasteiger partial charge in [0.05, 0.1) is 0 Å². The summed E-state index contributed by atoms with van der Waals surface area (Å²) in [5, 5.41) is 0. The molecule has 0 saturated carbocycles. The molecule has 0 aliphatic carbocycles. The van der Waals surface area contributed by atoms with E-state index < -0.39 is 0 Å². The minimum Gasteiger partial charge on any atom is -0.368 e. The van der Waals surface area contributed by atoms with Crippen LogP contribution in [0, 0.1) is 11.8 Å². The second-order valence-corrected chi connectivity index (χ2v) is 6.60. The van der Waals surface area contributed by atoms with Crippen LogP contribution in [0.4, 0.5) is 5.69 Å². The second kappa shape index (κ2) is 7.12. The molecule has 112 valence electrons. The summed E-state index contributed by atoms with van der Waals surface area (Å²) in [6.45, 7) is 9.01. The molecule has 20 heavy (non-hydrogen) atoms. The van der Waals surface area contributed by atoms with Gasteiger partial charge in [0, 0.05) is 18.3 Å². The van der Waals surface area contributed by atoms with Crippen molar-refractivity contribution in [1.29, 1.82) is 0 Å². The van der Waals surface area contributed by atoms with Gasteiger partial charge in [0.1, 0.15) is 0 Å². The molecule has 0 radical (unpaired) electrons. The lowest BCUT2D eigenvalue weighted by molar-refractivity contribution is 0.333. The van der Waals surface area contributed by atoms with Crippen molar-refractivity contribution in [3.63, 3.8) is 0 Å². The molecule has 0 spiro atoms. The van der Waals surface area contributed by atoms with Gasteiger partial charge in [0.15, 0.2) is 0 Å². The molecule has 0 saturated heterocycles. The van der Waals surface area contributed by atoms with Crippen molar-refractivity contribution >= 4 is 5.69 Å². The maximum atomic E-state index is 5.74. The average molecular weight is 274 g/mol. The number of nitrogens with two attached hydrogens (primary N) is 1. The number of rotatable bonds is 7. The van der Waals surface area contributed by atoms with E-state index in [4.69, 9.17) is 5.73 Å². The largest absolute Gasteiger partial charge is 0.368 e. The molecule has 1 aliphatic heterocycles. The molecular formula is C18H30N2. The monoisotopic (exact) mass is 274 g/mol. The van der Waals surface area contributed by atoms with Gasteiger partial charge in [-0.3, -0.25) is 0 Å². The minimum absolute atomic E-state index is 0.652. The summed E-state index contributed by atoms with van der Waals surface area (Å²) in [7, 11) is 0. The molecule has 1 aliphatic rings. The van der Waals surface area contributed by atoms with Gasteiger partial charge in [-0.2, -0.15) is 0 Å². The van der Waals surface area contributed by atoms with Crippen LogP contribution in [0.3, 0.4) is 0 Å². The van der Waals surface area contributed by atoms with E-state index in [-0.39, 0.29) is 0 Å². The van der Waals surface area contributed by atoms with E-state index >= 15 is 0 Å². The number of hydrogen-bond acceptors (Lipinski definition) is 2. The fourth-order valence-corrected chi connectivity index (χ4v) is 3.52. The van der Waals surface area contributed by atoms with Crippen molar-refractivity contribution in [3.05, 3.63) is 29.8 Å². The molecule has 0 amide bonds. The van der Waals surface area contributed by atoms with Gasteiger partial charge < -0.3 is 10.6 Å². The zero-order valence-corrected chi connectivity index (χ0v) is 13.3. The van der Waals surface area contributed by atoms with Gasteiger partial charge in [-0.1, -0.05) is 32.0 Å². The molecule has 2 heteroatoms. The zero-order valence-electron chi connectivity index (χ0n) is 13.3. The summed E-state index contributed by atoms with van der Waals surface area (Å²) in [5.74, 6) is 1.54. The Hall–Kier alpha value is -1.02. The van der Waals surface area contributed by atoms with Crippen LogP contribution in [-0.2, 0) is 6.42 Å². The molecule has 1 aromatic carbocycles. The molecule has 2 rings (SSSR count). The standard InChI is InChI=1S/C18H30N2/c1-14(2)16(10-11-19)8-6-12-20-15(3)13-17-7-4-5-9-18(17)20/h4-5,7,9,14-16H,6,8,10-13,19H2,1-3H3. The molecule has 1 aromatic rings. The predicted octanol–water partition coefficient (Wildman–Crippen LogP) is 3.84. The first-order chi connectivity index (χ1) is 9.63. The lowest BCUT2D eigenvalue weighted by atomic mass is 9.88. The highest BCUT2D eigenvalue weighted by Crippen LogP contribution is 2.32. The zero-order chi connectivity index (χ0) is 14.5. The first kappa shape index (κ1) is 15.4. The van der Waals surface area contributed by atoms with E-state index in [0.717, 1.165) is 18.4 Å². The van der Waals surface area contributed by atoms with Crippen LogP contribution in [0.15, 0.2) is 24.3 Å². The van der Waals surface area contributed by atoms with E-state index in [0.29, 0.717) is 6.04 Å². The van der Waals surface area contributed by atoms with Crippen molar-refractivity contribution in [2.45, 2.75) is 52.5 Å². The van der Waals surface area contributed by atoms with Crippen molar-refractivity contribution < 1.29 is 0 Å². The number of fused-ring (bicyclic) bond motifs is 1.